The Morgan fingerprint density at radius 3 is 2.76 bits per heavy atom. The van der Waals surface area contributed by atoms with Crippen molar-refractivity contribution in [2.24, 2.45) is 4.99 Å². The summed E-state index contributed by atoms with van der Waals surface area (Å²) in [5.41, 5.74) is 2.27. The molecule has 3 N–H and O–H groups in total. The summed E-state index contributed by atoms with van der Waals surface area (Å²) >= 11 is 9.20. The number of hydrogen-bond donors (Lipinski definition) is 3. The fraction of sp³-hybridized carbons (Fsp3) is 0. The largest absolute Gasteiger partial charge is 0.506 e. The van der Waals surface area contributed by atoms with E-state index in [4.69, 9.17) is 11.6 Å². The van der Waals surface area contributed by atoms with Crippen molar-refractivity contribution >= 4 is 50.5 Å². The predicted molar refractivity (Wildman–Crippen MR) is 87.0 cm³/mol. The Kier molecular flexibility index (Phi) is 3.57. The third-order valence-electron chi connectivity index (χ3n) is 2.91. The van der Waals surface area contributed by atoms with Crippen LogP contribution in [0.1, 0.15) is 5.56 Å². The Morgan fingerprint density at radius 1 is 1.19 bits per heavy atom. The Bertz CT molecular complexity index is 914. The van der Waals surface area contributed by atoms with Crippen molar-refractivity contribution in [3.63, 3.8) is 0 Å². The first-order valence-corrected chi connectivity index (χ1v) is 7.14. The van der Waals surface area contributed by atoms with E-state index in [1.165, 1.54) is 6.21 Å². The van der Waals surface area contributed by atoms with E-state index < -0.39 is 0 Å². The first-order valence-electron chi connectivity index (χ1n) is 5.97. The molecule has 0 radical (unpaired) electrons. The molecular weight excluding hydrogens is 358 g/mol. The molecule has 0 aliphatic heterocycles. The molecule has 0 bridgehead atoms. The molecule has 2 aromatic carbocycles. The average Bonchev–Trinajstić information content (AvgIpc) is 2.80. The van der Waals surface area contributed by atoms with Crippen LogP contribution in [0.2, 0.25) is 5.02 Å². The van der Waals surface area contributed by atoms with E-state index in [1.54, 1.807) is 30.3 Å². The highest BCUT2D eigenvalue weighted by atomic mass is 79.9. The lowest BCUT2D eigenvalue weighted by Gasteiger charge is -2.02. The standard InChI is InChI=1S/C14H9BrClN3O2/c15-8-3-7(13(20)10(16)4-8)6-17-9-1-2-11-12(5-9)19-14(21)18-11/h1-6,20H,(H2,18,19,21). The van der Waals surface area contributed by atoms with Gasteiger partial charge >= 0.3 is 5.69 Å². The van der Waals surface area contributed by atoms with E-state index in [0.717, 1.165) is 4.47 Å². The van der Waals surface area contributed by atoms with Gasteiger partial charge in [-0.3, -0.25) is 4.99 Å². The summed E-state index contributed by atoms with van der Waals surface area (Å²) in [7, 11) is 0. The summed E-state index contributed by atoms with van der Waals surface area (Å²) in [4.78, 5) is 20.8. The number of aliphatic imine (C=N–C) groups is 1. The number of fused-ring (bicyclic) bond motifs is 1. The van der Waals surface area contributed by atoms with Gasteiger partial charge in [-0.1, -0.05) is 27.5 Å². The van der Waals surface area contributed by atoms with Gasteiger partial charge in [0.15, 0.2) is 0 Å². The second kappa shape index (κ2) is 5.38. The van der Waals surface area contributed by atoms with Gasteiger partial charge in [-0.05, 0) is 30.3 Å². The molecular formula is C14H9BrClN3O2. The maximum absolute atomic E-state index is 11.2. The number of phenolic OH excluding ortho intramolecular Hbond substituents is 1. The van der Waals surface area contributed by atoms with Gasteiger partial charge in [-0.2, -0.15) is 0 Å². The first kappa shape index (κ1) is 13.9. The van der Waals surface area contributed by atoms with Crippen molar-refractivity contribution in [1.82, 2.24) is 9.97 Å². The fourth-order valence-electron chi connectivity index (χ4n) is 1.93. The van der Waals surface area contributed by atoms with Crippen molar-refractivity contribution in [3.05, 3.63) is 55.9 Å². The van der Waals surface area contributed by atoms with E-state index >= 15 is 0 Å². The highest BCUT2D eigenvalue weighted by Gasteiger charge is 2.06. The summed E-state index contributed by atoms with van der Waals surface area (Å²) in [5, 5.41) is 10.1. The molecule has 0 amide bonds. The quantitative estimate of drug-likeness (QED) is 0.604. The lowest BCUT2D eigenvalue weighted by atomic mass is 10.2. The number of halogens is 2. The number of hydrogen-bond acceptors (Lipinski definition) is 3. The van der Waals surface area contributed by atoms with Gasteiger partial charge < -0.3 is 15.1 Å². The first-order chi connectivity index (χ1) is 10.0. The number of aromatic amines is 2. The van der Waals surface area contributed by atoms with Crippen molar-refractivity contribution < 1.29 is 5.11 Å². The molecule has 106 valence electrons. The number of imidazole rings is 1. The number of aromatic nitrogens is 2. The normalized spacial score (nSPS) is 11.5. The van der Waals surface area contributed by atoms with Crippen LogP contribution in [0.25, 0.3) is 11.0 Å². The van der Waals surface area contributed by atoms with Crippen LogP contribution in [0.15, 0.2) is 44.6 Å². The van der Waals surface area contributed by atoms with Crippen LogP contribution in [-0.2, 0) is 0 Å². The van der Waals surface area contributed by atoms with E-state index in [0.29, 0.717) is 22.3 Å². The van der Waals surface area contributed by atoms with Gasteiger partial charge in [0.25, 0.3) is 0 Å². The summed E-state index contributed by atoms with van der Waals surface area (Å²) in [6.07, 6.45) is 1.51. The second-order valence-electron chi connectivity index (χ2n) is 4.39. The summed E-state index contributed by atoms with van der Waals surface area (Å²) in [6, 6.07) is 8.57. The Balaban J connectivity index is 1.99. The zero-order valence-corrected chi connectivity index (χ0v) is 12.9. The SMILES string of the molecule is O=c1[nH]c2ccc(N=Cc3cc(Br)cc(Cl)c3O)cc2[nH]1. The molecule has 21 heavy (non-hydrogen) atoms. The molecule has 1 aromatic heterocycles. The van der Waals surface area contributed by atoms with E-state index in [1.807, 2.05) is 0 Å². The molecule has 3 aromatic rings. The molecule has 3 rings (SSSR count). The molecule has 0 saturated heterocycles. The lowest BCUT2D eigenvalue weighted by Crippen LogP contribution is -1.99. The average molecular weight is 367 g/mol. The van der Waals surface area contributed by atoms with Gasteiger partial charge in [-0.15, -0.1) is 0 Å². The summed E-state index contributed by atoms with van der Waals surface area (Å²) in [5.74, 6) is -0.0280. The van der Waals surface area contributed by atoms with Crippen LogP contribution in [0.4, 0.5) is 5.69 Å². The Labute approximate surface area is 132 Å². The Hall–Kier alpha value is -2.05. The number of nitrogens with zero attached hydrogens (tertiary/aromatic N) is 1. The van der Waals surface area contributed by atoms with E-state index in [-0.39, 0.29) is 16.5 Å². The van der Waals surface area contributed by atoms with Crippen molar-refractivity contribution in [3.8, 4) is 5.75 Å². The molecule has 0 saturated carbocycles. The highest BCUT2D eigenvalue weighted by molar-refractivity contribution is 9.10. The van der Waals surface area contributed by atoms with Gasteiger partial charge in [-0.25, -0.2) is 4.79 Å². The number of benzene rings is 2. The lowest BCUT2D eigenvalue weighted by molar-refractivity contribution is 0.474. The van der Waals surface area contributed by atoms with Crippen molar-refractivity contribution in [1.29, 1.82) is 0 Å². The van der Waals surface area contributed by atoms with E-state index in [9.17, 15) is 9.90 Å². The third-order valence-corrected chi connectivity index (χ3v) is 3.66. The molecule has 5 nitrogen and oxygen atoms in total. The van der Waals surface area contributed by atoms with Gasteiger partial charge in [0, 0.05) is 16.3 Å². The predicted octanol–water partition coefficient (Wildman–Crippen LogP) is 3.73. The summed E-state index contributed by atoms with van der Waals surface area (Å²) in [6.45, 7) is 0. The fourth-order valence-corrected chi connectivity index (χ4v) is 2.76. The zero-order valence-electron chi connectivity index (χ0n) is 10.5. The van der Waals surface area contributed by atoms with Crippen molar-refractivity contribution in [2.75, 3.05) is 0 Å². The van der Waals surface area contributed by atoms with Crippen LogP contribution in [0.5, 0.6) is 5.75 Å². The minimum absolute atomic E-state index is 0.0280. The minimum atomic E-state index is -0.262. The molecule has 0 unspecified atom stereocenters. The molecule has 7 heteroatoms. The molecule has 0 aliphatic carbocycles. The molecule has 0 fully saturated rings. The monoisotopic (exact) mass is 365 g/mol. The number of rotatable bonds is 2. The molecule has 0 aliphatic rings. The van der Waals surface area contributed by atoms with Gasteiger partial charge in [0.2, 0.25) is 0 Å². The number of phenols is 1. The van der Waals surface area contributed by atoms with Crippen LogP contribution in [-0.4, -0.2) is 21.3 Å². The molecule has 0 spiro atoms. The van der Waals surface area contributed by atoms with Crippen LogP contribution < -0.4 is 5.69 Å². The van der Waals surface area contributed by atoms with Crippen LogP contribution in [0.3, 0.4) is 0 Å². The smallest absolute Gasteiger partial charge is 0.323 e. The molecule has 1 heterocycles. The number of nitrogens with one attached hydrogen (secondary N) is 2. The van der Waals surface area contributed by atoms with E-state index in [2.05, 4.69) is 30.9 Å². The van der Waals surface area contributed by atoms with Gasteiger partial charge in [0.05, 0.1) is 21.7 Å². The maximum atomic E-state index is 11.2. The van der Waals surface area contributed by atoms with Crippen molar-refractivity contribution in [2.45, 2.75) is 0 Å². The topological polar surface area (TPSA) is 81.2 Å². The number of aromatic hydroxyl groups is 1. The highest BCUT2D eigenvalue weighted by Crippen LogP contribution is 2.30. The number of H-pyrrole nitrogens is 2. The second-order valence-corrected chi connectivity index (χ2v) is 5.72. The Morgan fingerprint density at radius 2 is 1.95 bits per heavy atom. The van der Waals surface area contributed by atoms with Crippen LogP contribution >= 0.6 is 27.5 Å². The third kappa shape index (κ3) is 2.86. The van der Waals surface area contributed by atoms with Crippen LogP contribution in [0, 0.1) is 0 Å². The van der Waals surface area contributed by atoms with Gasteiger partial charge in [0.1, 0.15) is 5.75 Å². The maximum Gasteiger partial charge on any atom is 0.323 e. The summed E-state index contributed by atoms with van der Waals surface area (Å²) < 4.78 is 0.747. The zero-order chi connectivity index (χ0) is 15.0. The molecule has 0 atom stereocenters. The minimum Gasteiger partial charge on any atom is -0.506 e.